The van der Waals surface area contributed by atoms with E-state index in [2.05, 4.69) is 34.4 Å². The predicted octanol–water partition coefficient (Wildman–Crippen LogP) is 2.96. The number of benzene rings is 1. The van der Waals surface area contributed by atoms with Gasteiger partial charge in [-0.1, -0.05) is 19.3 Å². The molecule has 1 aliphatic carbocycles. The van der Waals surface area contributed by atoms with Crippen molar-refractivity contribution in [3.8, 4) is 0 Å². The lowest BCUT2D eigenvalue weighted by atomic mass is 9.96. The second kappa shape index (κ2) is 3.19. The van der Waals surface area contributed by atoms with Crippen LogP contribution in [0.15, 0.2) is 24.3 Å². The van der Waals surface area contributed by atoms with Gasteiger partial charge in [0.15, 0.2) is 0 Å². The van der Waals surface area contributed by atoms with Gasteiger partial charge in [0.25, 0.3) is 0 Å². The van der Waals surface area contributed by atoms with E-state index in [4.69, 9.17) is 0 Å². The van der Waals surface area contributed by atoms with Crippen LogP contribution >= 0.6 is 0 Å². The van der Waals surface area contributed by atoms with Gasteiger partial charge < -0.3 is 5.43 Å². The van der Waals surface area contributed by atoms with Gasteiger partial charge in [0, 0.05) is 6.04 Å². The molecular formula is C12H16N2. The van der Waals surface area contributed by atoms with Crippen molar-refractivity contribution in [1.29, 1.82) is 0 Å². The lowest BCUT2D eigenvalue weighted by molar-refractivity contribution is 0.442. The monoisotopic (exact) mass is 188 g/mol. The van der Waals surface area contributed by atoms with Gasteiger partial charge in [-0.3, -0.25) is 4.68 Å². The minimum atomic E-state index is 0.688. The van der Waals surface area contributed by atoms with Crippen LogP contribution in [-0.2, 0) is 0 Å². The molecule has 0 spiro atoms. The minimum absolute atomic E-state index is 0.688. The highest BCUT2D eigenvalue weighted by Gasteiger charge is 2.14. The Morgan fingerprint density at radius 2 is 1.50 bits per heavy atom. The molecule has 2 aromatic rings. The molecule has 0 saturated heterocycles. The van der Waals surface area contributed by atoms with Crippen molar-refractivity contribution < 1.29 is 0 Å². The van der Waals surface area contributed by atoms with E-state index in [1.807, 2.05) is 0 Å². The molecule has 2 bridgehead atoms. The van der Waals surface area contributed by atoms with Crippen LogP contribution in [0.1, 0.15) is 32.1 Å². The SMILES string of the molecule is c1cc2ccc1n2NC1CCCCC1. The lowest BCUT2D eigenvalue weighted by Crippen LogP contribution is -2.28. The Hall–Kier alpha value is -1.18. The third-order valence-electron chi connectivity index (χ3n) is 3.28. The van der Waals surface area contributed by atoms with E-state index in [1.54, 1.807) is 0 Å². The second-order valence-corrected chi connectivity index (χ2v) is 4.32. The van der Waals surface area contributed by atoms with Crippen molar-refractivity contribution in [3.63, 3.8) is 0 Å². The van der Waals surface area contributed by atoms with Crippen LogP contribution in [0.4, 0.5) is 0 Å². The third-order valence-corrected chi connectivity index (χ3v) is 3.28. The van der Waals surface area contributed by atoms with E-state index in [9.17, 15) is 0 Å². The summed E-state index contributed by atoms with van der Waals surface area (Å²) in [7, 11) is 0. The summed E-state index contributed by atoms with van der Waals surface area (Å²) in [6.45, 7) is 0. The Labute approximate surface area is 84.2 Å². The quantitative estimate of drug-likeness (QED) is 0.766. The largest absolute Gasteiger partial charge is 0.322 e. The van der Waals surface area contributed by atoms with Gasteiger partial charge in [-0.05, 0) is 37.1 Å². The van der Waals surface area contributed by atoms with Gasteiger partial charge in [-0.25, -0.2) is 0 Å². The highest BCUT2D eigenvalue weighted by atomic mass is 15.4. The number of nitrogens with zero attached hydrogens (tertiary/aromatic N) is 1. The van der Waals surface area contributed by atoms with E-state index in [-0.39, 0.29) is 0 Å². The maximum absolute atomic E-state index is 3.61. The summed E-state index contributed by atoms with van der Waals surface area (Å²) in [5.41, 5.74) is 6.21. The highest BCUT2D eigenvalue weighted by Crippen LogP contribution is 2.21. The number of hydrogen-bond acceptors (Lipinski definition) is 1. The summed E-state index contributed by atoms with van der Waals surface area (Å²) in [6, 6.07) is 9.38. The number of fused-ring (bicyclic) bond motifs is 2. The first kappa shape index (κ1) is 8.16. The fraction of sp³-hybridized carbons (Fsp3) is 0.500. The molecule has 1 saturated carbocycles. The van der Waals surface area contributed by atoms with Gasteiger partial charge in [0.05, 0.1) is 11.0 Å². The Morgan fingerprint density at radius 1 is 0.929 bits per heavy atom. The molecule has 14 heavy (non-hydrogen) atoms. The van der Waals surface area contributed by atoms with Crippen molar-refractivity contribution in [1.82, 2.24) is 4.68 Å². The third kappa shape index (κ3) is 1.26. The minimum Gasteiger partial charge on any atom is -0.322 e. The number of nitrogens with one attached hydrogen (secondary N) is 1. The molecule has 1 N–H and O–H groups in total. The smallest absolute Gasteiger partial charge is 0.0628 e. The first-order valence-electron chi connectivity index (χ1n) is 5.60. The lowest BCUT2D eigenvalue weighted by Gasteiger charge is -2.24. The van der Waals surface area contributed by atoms with Crippen molar-refractivity contribution in [2.75, 3.05) is 5.43 Å². The Bertz CT molecular complexity index is 350. The summed E-state index contributed by atoms with van der Waals surface area (Å²) >= 11 is 0. The normalized spacial score (nSPS) is 19.1. The maximum Gasteiger partial charge on any atom is 0.0628 e. The van der Waals surface area contributed by atoms with Crippen LogP contribution in [0.2, 0.25) is 0 Å². The molecule has 0 aromatic carbocycles. The van der Waals surface area contributed by atoms with Crippen LogP contribution in [0.3, 0.4) is 0 Å². The molecule has 2 heteroatoms. The van der Waals surface area contributed by atoms with Gasteiger partial charge in [0.2, 0.25) is 0 Å². The van der Waals surface area contributed by atoms with Crippen LogP contribution in [0, 0.1) is 0 Å². The number of aromatic nitrogens is 1. The molecule has 1 aliphatic rings. The molecule has 3 rings (SSSR count). The number of hydrogen-bond donors (Lipinski definition) is 1. The van der Waals surface area contributed by atoms with Crippen molar-refractivity contribution >= 4 is 11.0 Å². The van der Waals surface area contributed by atoms with Gasteiger partial charge in [0.1, 0.15) is 0 Å². The standard InChI is InChI=1S/C12H16N2/c1-2-4-10(5-3-1)13-14-11-6-7-12(14)9-8-11/h6-10,13H,1-5H2. The Kier molecular flexibility index (Phi) is 1.86. The summed E-state index contributed by atoms with van der Waals surface area (Å²) in [6.07, 6.45) is 6.85. The first-order valence-corrected chi connectivity index (χ1v) is 5.60. The van der Waals surface area contributed by atoms with Crippen molar-refractivity contribution in [3.05, 3.63) is 24.3 Å². The molecule has 0 amide bonds. The summed E-state index contributed by atoms with van der Waals surface area (Å²) in [4.78, 5) is 0. The molecule has 2 heterocycles. The zero-order valence-corrected chi connectivity index (χ0v) is 8.37. The fourth-order valence-corrected chi connectivity index (χ4v) is 2.46. The molecule has 0 unspecified atom stereocenters. The molecule has 0 aliphatic heterocycles. The molecule has 1 fully saturated rings. The zero-order chi connectivity index (χ0) is 9.38. The van der Waals surface area contributed by atoms with E-state index >= 15 is 0 Å². The summed E-state index contributed by atoms with van der Waals surface area (Å²) in [5.74, 6) is 0. The number of rotatable bonds is 2. The zero-order valence-electron chi connectivity index (χ0n) is 8.37. The van der Waals surface area contributed by atoms with Crippen LogP contribution in [-0.4, -0.2) is 10.7 Å². The van der Waals surface area contributed by atoms with Crippen LogP contribution in [0.25, 0.3) is 11.0 Å². The molecule has 2 aromatic heterocycles. The second-order valence-electron chi connectivity index (χ2n) is 4.32. The molecule has 0 radical (unpaired) electrons. The van der Waals surface area contributed by atoms with Crippen molar-refractivity contribution in [2.45, 2.75) is 38.1 Å². The topological polar surface area (TPSA) is 17.0 Å². The van der Waals surface area contributed by atoms with E-state index in [1.165, 1.54) is 43.1 Å². The van der Waals surface area contributed by atoms with E-state index in [0.29, 0.717) is 6.04 Å². The van der Waals surface area contributed by atoms with Gasteiger partial charge in [-0.2, -0.15) is 0 Å². The predicted molar refractivity (Wildman–Crippen MR) is 59.4 cm³/mol. The average Bonchev–Trinajstić information content (AvgIpc) is 2.80. The van der Waals surface area contributed by atoms with Gasteiger partial charge in [-0.15, -0.1) is 0 Å². The molecule has 2 nitrogen and oxygen atoms in total. The highest BCUT2D eigenvalue weighted by molar-refractivity contribution is 5.68. The average molecular weight is 188 g/mol. The molecule has 74 valence electrons. The Balaban J connectivity index is 1.77. The Morgan fingerprint density at radius 3 is 2.07 bits per heavy atom. The summed E-state index contributed by atoms with van der Waals surface area (Å²) < 4.78 is 2.23. The maximum atomic E-state index is 3.61. The van der Waals surface area contributed by atoms with Crippen LogP contribution < -0.4 is 5.43 Å². The van der Waals surface area contributed by atoms with Gasteiger partial charge >= 0.3 is 0 Å². The van der Waals surface area contributed by atoms with E-state index < -0.39 is 0 Å². The fourth-order valence-electron chi connectivity index (χ4n) is 2.46. The van der Waals surface area contributed by atoms with E-state index in [0.717, 1.165) is 0 Å². The summed E-state index contributed by atoms with van der Waals surface area (Å²) in [5, 5.41) is 0. The van der Waals surface area contributed by atoms with Crippen LogP contribution in [0.5, 0.6) is 0 Å². The van der Waals surface area contributed by atoms with Crippen molar-refractivity contribution in [2.24, 2.45) is 0 Å². The first-order chi connectivity index (χ1) is 6.93. The molecule has 0 atom stereocenters. The molecular weight excluding hydrogens is 172 g/mol.